The van der Waals surface area contributed by atoms with Crippen molar-refractivity contribution in [3.63, 3.8) is 0 Å². The van der Waals surface area contributed by atoms with Gasteiger partial charge in [0.15, 0.2) is 0 Å². The zero-order chi connectivity index (χ0) is 26.6. The second-order valence-electron chi connectivity index (χ2n) is 13.5. The van der Waals surface area contributed by atoms with E-state index in [0.717, 1.165) is 49.5 Å². The molecule has 10 atom stereocenters. The summed E-state index contributed by atoms with van der Waals surface area (Å²) in [6, 6.07) is 0. The molecule has 4 rings (SSSR count). The lowest BCUT2D eigenvalue weighted by Crippen LogP contribution is -2.65. The molecule has 0 aromatic rings. The van der Waals surface area contributed by atoms with Gasteiger partial charge < -0.3 is 14.9 Å². The predicted octanol–water partition coefficient (Wildman–Crippen LogP) is 5.78. The van der Waals surface area contributed by atoms with Crippen LogP contribution < -0.4 is 0 Å². The van der Waals surface area contributed by atoms with E-state index in [1.165, 1.54) is 12.5 Å². The molecule has 0 bridgehead atoms. The SMILES string of the molecule is CC(=O)O[C@H]1C[C@@]2(C)[C@H](C[C@@H](O)[C@@H]3[C@@]4(C)CC[C@@H](O)[C@@H](C)C4CC[C@@]32C)C1=C(C=O)CCC=C(C)C. The minimum atomic E-state index is -0.486. The number of aliphatic hydroxyl groups excluding tert-OH is 2. The highest BCUT2D eigenvalue weighted by molar-refractivity contribution is 5.76. The van der Waals surface area contributed by atoms with Crippen LogP contribution in [-0.4, -0.2) is 40.8 Å². The number of carbonyl (C=O) groups is 2. The molecule has 0 spiro atoms. The number of fused-ring (bicyclic) bond motifs is 5. The van der Waals surface area contributed by atoms with Gasteiger partial charge in [-0.15, -0.1) is 0 Å². The molecule has 0 aromatic heterocycles. The van der Waals surface area contributed by atoms with Crippen LogP contribution in [0.3, 0.4) is 0 Å². The molecule has 0 radical (unpaired) electrons. The third-order valence-corrected chi connectivity index (χ3v) is 11.5. The lowest BCUT2D eigenvalue weighted by Gasteiger charge is -2.69. The van der Waals surface area contributed by atoms with Gasteiger partial charge in [0.05, 0.1) is 12.2 Å². The fourth-order valence-electron chi connectivity index (χ4n) is 9.72. The summed E-state index contributed by atoms with van der Waals surface area (Å²) in [5.41, 5.74) is 2.54. The minimum Gasteiger partial charge on any atom is -0.458 e. The Kier molecular flexibility index (Phi) is 7.42. The summed E-state index contributed by atoms with van der Waals surface area (Å²) in [4.78, 5) is 24.6. The monoisotopic (exact) mass is 500 g/mol. The number of hydrogen-bond acceptors (Lipinski definition) is 5. The Morgan fingerprint density at radius 2 is 1.75 bits per heavy atom. The van der Waals surface area contributed by atoms with Gasteiger partial charge in [-0.05, 0) is 116 Å². The number of aldehydes is 1. The van der Waals surface area contributed by atoms with Crippen LogP contribution in [0.5, 0.6) is 0 Å². The Morgan fingerprint density at radius 3 is 2.36 bits per heavy atom. The number of allylic oxidation sites excluding steroid dienone is 3. The maximum atomic E-state index is 12.4. The van der Waals surface area contributed by atoms with Gasteiger partial charge in [-0.3, -0.25) is 9.59 Å². The molecule has 36 heavy (non-hydrogen) atoms. The van der Waals surface area contributed by atoms with E-state index in [1.54, 1.807) is 0 Å². The predicted molar refractivity (Wildman–Crippen MR) is 141 cm³/mol. The molecule has 4 saturated carbocycles. The van der Waals surface area contributed by atoms with E-state index in [0.29, 0.717) is 25.2 Å². The van der Waals surface area contributed by atoms with Gasteiger partial charge in [0.1, 0.15) is 12.4 Å². The van der Waals surface area contributed by atoms with Crippen molar-refractivity contribution in [1.29, 1.82) is 0 Å². The molecule has 0 saturated heterocycles. The van der Waals surface area contributed by atoms with Crippen molar-refractivity contribution >= 4 is 12.3 Å². The Balaban J connectivity index is 1.79. The Labute approximate surface area is 217 Å². The lowest BCUT2D eigenvalue weighted by atomic mass is 9.36. The van der Waals surface area contributed by atoms with E-state index in [1.807, 2.05) is 0 Å². The first-order valence-electron chi connectivity index (χ1n) is 14.1. The van der Waals surface area contributed by atoms with Crippen LogP contribution >= 0.6 is 0 Å². The fourth-order valence-corrected chi connectivity index (χ4v) is 9.72. The molecule has 4 aliphatic carbocycles. The second kappa shape index (κ2) is 9.69. The first kappa shape index (κ1) is 27.6. The smallest absolute Gasteiger partial charge is 0.303 e. The summed E-state index contributed by atoms with van der Waals surface area (Å²) in [5.74, 6) is 0.432. The van der Waals surface area contributed by atoms with Crippen LogP contribution in [0.2, 0.25) is 0 Å². The molecule has 5 heteroatoms. The number of carbonyl (C=O) groups excluding carboxylic acids is 2. The van der Waals surface area contributed by atoms with E-state index < -0.39 is 12.2 Å². The zero-order valence-electron chi connectivity index (χ0n) is 23.5. The van der Waals surface area contributed by atoms with E-state index in [9.17, 15) is 19.8 Å². The molecule has 1 unspecified atom stereocenters. The molecule has 0 aromatic carbocycles. The third kappa shape index (κ3) is 4.13. The summed E-state index contributed by atoms with van der Waals surface area (Å²) >= 11 is 0. The van der Waals surface area contributed by atoms with Crippen molar-refractivity contribution in [2.75, 3.05) is 0 Å². The summed E-state index contributed by atoms with van der Waals surface area (Å²) < 4.78 is 5.93. The fraction of sp³-hybridized carbons (Fsp3) is 0.806. The lowest BCUT2D eigenvalue weighted by molar-refractivity contribution is -0.234. The standard InChI is InChI=1S/C31H48O5/c1-18(2)9-8-10-21(17-32)27-23-15-25(35)28-29(5)13-12-24(34)19(3)22(29)11-14-30(28,6)31(23,7)16-26(27)36-20(4)33/h9,17,19,22-26,28,34-35H,8,10-16H2,1-7H3/t19-,22?,23+,24+,25+,26-,28+,29-,30-,31-/m0/s1. The number of esters is 1. The largest absolute Gasteiger partial charge is 0.458 e. The average molecular weight is 501 g/mol. The number of aliphatic hydroxyl groups is 2. The van der Waals surface area contributed by atoms with Crippen LogP contribution in [0, 0.1) is 39.9 Å². The molecule has 2 N–H and O–H groups in total. The van der Waals surface area contributed by atoms with Crippen LogP contribution in [-0.2, 0) is 14.3 Å². The van der Waals surface area contributed by atoms with Gasteiger partial charge in [0, 0.05) is 6.92 Å². The maximum Gasteiger partial charge on any atom is 0.303 e. The highest BCUT2D eigenvalue weighted by atomic mass is 16.5. The molecule has 4 aliphatic rings. The van der Waals surface area contributed by atoms with Gasteiger partial charge in [-0.25, -0.2) is 0 Å². The van der Waals surface area contributed by atoms with Gasteiger partial charge in [-0.1, -0.05) is 39.3 Å². The highest BCUT2D eigenvalue weighted by Gasteiger charge is 2.70. The topological polar surface area (TPSA) is 83.8 Å². The second-order valence-corrected chi connectivity index (χ2v) is 13.5. The molecule has 202 valence electrons. The molecular weight excluding hydrogens is 452 g/mol. The van der Waals surface area contributed by atoms with Crippen LogP contribution in [0.15, 0.2) is 22.8 Å². The minimum absolute atomic E-state index is 0.0109. The highest BCUT2D eigenvalue weighted by Crippen LogP contribution is 2.74. The molecule has 0 aliphatic heterocycles. The van der Waals surface area contributed by atoms with Gasteiger partial charge in [-0.2, -0.15) is 0 Å². The van der Waals surface area contributed by atoms with E-state index in [-0.39, 0.29) is 46.1 Å². The molecule has 4 fully saturated rings. The first-order chi connectivity index (χ1) is 16.8. The van der Waals surface area contributed by atoms with Crippen molar-refractivity contribution in [3.05, 3.63) is 22.8 Å². The number of ether oxygens (including phenoxy) is 1. The third-order valence-electron chi connectivity index (χ3n) is 11.5. The Bertz CT molecular complexity index is 947. The van der Waals surface area contributed by atoms with Crippen LogP contribution in [0.4, 0.5) is 0 Å². The summed E-state index contributed by atoms with van der Waals surface area (Å²) in [7, 11) is 0. The van der Waals surface area contributed by atoms with Gasteiger partial charge in [0.2, 0.25) is 0 Å². The summed E-state index contributed by atoms with van der Waals surface area (Å²) in [5, 5.41) is 22.5. The van der Waals surface area contributed by atoms with Crippen molar-refractivity contribution < 1.29 is 24.5 Å². The summed E-state index contributed by atoms with van der Waals surface area (Å²) in [6.07, 6.45) is 8.39. The Morgan fingerprint density at radius 1 is 1.06 bits per heavy atom. The number of hydrogen-bond donors (Lipinski definition) is 2. The zero-order valence-corrected chi connectivity index (χ0v) is 23.5. The number of rotatable bonds is 5. The van der Waals surface area contributed by atoms with E-state index >= 15 is 0 Å². The molecular formula is C31H48O5. The average Bonchev–Trinajstić information content (AvgIpc) is 3.05. The summed E-state index contributed by atoms with van der Waals surface area (Å²) in [6.45, 7) is 14.8. The van der Waals surface area contributed by atoms with Crippen molar-refractivity contribution in [3.8, 4) is 0 Å². The Hall–Kier alpha value is -1.46. The van der Waals surface area contributed by atoms with Crippen LogP contribution in [0.1, 0.15) is 99.8 Å². The first-order valence-corrected chi connectivity index (χ1v) is 14.1. The molecule has 0 heterocycles. The quantitative estimate of drug-likeness (QED) is 0.216. The van der Waals surface area contributed by atoms with Crippen molar-refractivity contribution in [2.45, 2.75) is 118 Å². The van der Waals surface area contributed by atoms with Gasteiger partial charge in [0.25, 0.3) is 0 Å². The van der Waals surface area contributed by atoms with E-state index in [4.69, 9.17) is 4.74 Å². The molecule has 0 amide bonds. The maximum absolute atomic E-state index is 12.4. The van der Waals surface area contributed by atoms with Crippen molar-refractivity contribution in [2.24, 2.45) is 39.9 Å². The van der Waals surface area contributed by atoms with E-state index in [2.05, 4.69) is 47.6 Å². The van der Waals surface area contributed by atoms with Crippen molar-refractivity contribution in [1.82, 2.24) is 0 Å². The van der Waals surface area contributed by atoms with Gasteiger partial charge >= 0.3 is 5.97 Å². The van der Waals surface area contributed by atoms with Crippen LogP contribution in [0.25, 0.3) is 0 Å². The normalized spacial score (nSPS) is 47.2. The molecule has 5 nitrogen and oxygen atoms in total.